The fourth-order valence-electron chi connectivity index (χ4n) is 2.78. The molecule has 1 saturated heterocycles. The van der Waals surface area contributed by atoms with Crippen LogP contribution in [0.5, 0.6) is 0 Å². The molecule has 26 heavy (non-hydrogen) atoms. The lowest BCUT2D eigenvalue weighted by Gasteiger charge is -2.24. The van der Waals surface area contributed by atoms with Crippen LogP contribution in [-0.2, 0) is 14.3 Å². The van der Waals surface area contributed by atoms with Crippen LogP contribution in [0.15, 0.2) is 18.2 Å². The Balaban J connectivity index is 1.95. The molecular weight excluding hydrogens is 379 g/mol. The van der Waals surface area contributed by atoms with Crippen LogP contribution in [0.3, 0.4) is 0 Å². The summed E-state index contributed by atoms with van der Waals surface area (Å²) in [6.45, 7) is 2.59. The van der Waals surface area contributed by atoms with E-state index in [1.807, 2.05) is 6.92 Å². The van der Waals surface area contributed by atoms with Gasteiger partial charge >= 0.3 is 5.97 Å². The molecule has 8 heteroatoms. The highest BCUT2D eigenvalue weighted by Gasteiger charge is 2.34. The number of rotatable bonds is 7. The summed E-state index contributed by atoms with van der Waals surface area (Å²) in [5.41, 5.74) is 0.334. The molecule has 1 aliphatic rings. The van der Waals surface area contributed by atoms with Gasteiger partial charge in [-0.15, -0.1) is 0 Å². The standard InChI is InChI=1S/C18H22Cl2N2O4/c1-2-3-7-26-16(23)11-21-17(24)15-5-4-6-22(15)18(25)12-8-13(19)10-14(20)9-12/h8-10,15H,2-7,11H2,1H3,(H,21,24). The van der Waals surface area contributed by atoms with Crippen LogP contribution in [0.25, 0.3) is 0 Å². The molecule has 1 fully saturated rings. The van der Waals surface area contributed by atoms with Crippen molar-refractivity contribution < 1.29 is 19.1 Å². The van der Waals surface area contributed by atoms with E-state index in [1.165, 1.54) is 23.1 Å². The topological polar surface area (TPSA) is 75.7 Å². The second kappa shape index (κ2) is 9.78. The highest BCUT2D eigenvalue weighted by Crippen LogP contribution is 2.24. The summed E-state index contributed by atoms with van der Waals surface area (Å²) in [4.78, 5) is 38.2. The molecule has 6 nitrogen and oxygen atoms in total. The van der Waals surface area contributed by atoms with Crippen LogP contribution in [0.2, 0.25) is 10.0 Å². The normalized spacial score (nSPS) is 16.4. The van der Waals surface area contributed by atoms with Gasteiger partial charge in [-0.1, -0.05) is 36.5 Å². The van der Waals surface area contributed by atoms with Gasteiger partial charge in [0.25, 0.3) is 5.91 Å². The first-order chi connectivity index (χ1) is 12.4. The quantitative estimate of drug-likeness (QED) is 0.563. The van der Waals surface area contributed by atoms with Crippen molar-refractivity contribution in [3.63, 3.8) is 0 Å². The van der Waals surface area contributed by atoms with Gasteiger partial charge in [0, 0.05) is 22.2 Å². The molecule has 0 bridgehead atoms. The van der Waals surface area contributed by atoms with E-state index in [4.69, 9.17) is 27.9 Å². The zero-order valence-corrected chi connectivity index (χ0v) is 16.1. The maximum absolute atomic E-state index is 12.7. The number of amides is 2. The van der Waals surface area contributed by atoms with E-state index < -0.39 is 12.0 Å². The first-order valence-electron chi connectivity index (χ1n) is 8.62. The van der Waals surface area contributed by atoms with Crippen molar-refractivity contribution in [1.82, 2.24) is 10.2 Å². The SMILES string of the molecule is CCCCOC(=O)CNC(=O)C1CCCN1C(=O)c1cc(Cl)cc(Cl)c1. The third-order valence-electron chi connectivity index (χ3n) is 4.09. The van der Waals surface area contributed by atoms with Gasteiger partial charge in [0.15, 0.2) is 0 Å². The lowest BCUT2D eigenvalue weighted by Crippen LogP contribution is -2.47. The predicted octanol–water partition coefficient (Wildman–Crippen LogP) is 3.06. The second-order valence-electron chi connectivity index (χ2n) is 6.11. The number of hydrogen-bond acceptors (Lipinski definition) is 4. The van der Waals surface area contributed by atoms with Crippen molar-refractivity contribution in [2.24, 2.45) is 0 Å². The van der Waals surface area contributed by atoms with Crippen LogP contribution in [0, 0.1) is 0 Å². The number of carbonyl (C=O) groups excluding carboxylic acids is 3. The van der Waals surface area contributed by atoms with E-state index in [-0.39, 0.29) is 18.4 Å². The van der Waals surface area contributed by atoms with E-state index in [2.05, 4.69) is 5.32 Å². The molecule has 0 radical (unpaired) electrons. The molecular formula is C18H22Cl2N2O4. The van der Waals surface area contributed by atoms with E-state index in [1.54, 1.807) is 0 Å². The van der Waals surface area contributed by atoms with Crippen LogP contribution < -0.4 is 5.32 Å². The third kappa shape index (κ3) is 5.61. The lowest BCUT2D eigenvalue weighted by atomic mass is 10.1. The molecule has 1 heterocycles. The first kappa shape index (κ1) is 20.5. The number of unbranched alkanes of at least 4 members (excludes halogenated alkanes) is 1. The minimum atomic E-state index is -0.622. The first-order valence-corrected chi connectivity index (χ1v) is 9.38. The van der Waals surface area contributed by atoms with Gasteiger partial charge in [-0.2, -0.15) is 0 Å². The number of carbonyl (C=O) groups is 3. The summed E-state index contributed by atoms with van der Waals surface area (Å²) in [5.74, 6) is -1.15. The van der Waals surface area contributed by atoms with Gasteiger partial charge in [-0.3, -0.25) is 14.4 Å². The molecule has 1 aromatic carbocycles. The Morgan fingerprint density at radius 2 is 1.92 bits per heavy atom. The Bertz CT molecular complexity index is 661. The molecule has 2 amide bonds. The van der Waals surface area contributed by atoms with Crippen molar-refractivity contribution in [3.8, 4) is 0 Å². The Hall–Kier alpha value is -1.79. The Morgan fingerprint density at radius 1 is 1.23 bits per heavy atom. The third-order valence-corrected chi connectivity index (χ3v) is 4.53. The summed E-state index contributed by atoms with van der Waals surface area (Å²) in [6.07, 6.45) is 2.95. The Kier molecular flexibility index (Phi) is 7.72. The molecule has 0 aromatic heterocycles. The summed E-state index contributed by atoms with van der Waals surface area (Å²) in [6, 6.07) is 3.96. The number of likely N-dealkylation sites (tertiary alicyclic amines) is 1. The molecule has 1 unspecified atom stereocenters. The van der Waals surface area contributed by atoms with E-state index >= 15 is 0 Å². The van der Waals surface area contributed by atoms with Gasteiger partial charge < -0.3 is 15.0 Å². The fraction of sp³-hybridized carbons (Fsp3) is 0.500. The van der Waals surface area contributed by atoms with Crippen LogP contribution in [-0.4, -0.2) is 48.4 Å². The Labute approximate surface area is 162 Å². The van der Waals surface area contributed by atoms with Crippen LogP contribution in [0.1, 0.15) is 43.0 Å². The molecule has 0 aliphatic carbocycles. The molecule has 1 aromatic rings. The van der Waals surface area contributed by atoms with E-state index in [9.17, 15) is 14.4 Å². The number of benzene rings is 1. The molecule has 0 spiro atoms. The molecule has 142 valence electrons. The molecule has 0 saturated carbocycles. The second-order valence-corrected chi connectivity index (χ2v) is 6.98. The van der Waals surface area contributed by atoms with Crippen LogP contribution in [0.4, 0.5) is 0 Å². The molecule has 1 aliphatic heterocycles. The zero-order valence-electron chi connectivity index (χ0n) is 14.6. The minimum absolute atomic E-state index is 0.204. The number of nitrogens with zero attached hydrogens (tertiary/aromatic N) is 1. The summed E-state index contributed by atoms with van der Waals surface area (Å²) in [5, 5.41) is 3.27. The predicted molar refractivity (Wildman–Crippen MR) is 99.4 cm³/mol. The highest BCUT2D eigenvalue weighted by molar-refractivity contribution is 6.35. The zero-order chi connectivity index (χ0) is 19.1. The van der Waals surface area contributed by atoms with Gasteiger partial charge in [-0.05, 0) is 37.5 Å². The number of nitrogens with one attached hydrogen (secondary N) is 1. The number of esters is 1. The summed E-state index contributed by atoms with van der Waals surface area (Å²) < 4.78 is 5.00. The van der Waals surface area contributed by atoms with Crippen molar-refractivity contribution in [3.05, 3.63) is 33.8 Å². The summed E-state index contributed by atoms with van der Waals surface area (Å²) in [7, 11) is 0. The maximum Gasteiger partial charge on any atom is 0.325 e. The molecule has 1 N–H and O–H groups in total. The van der Waals surface area contributed by atoms with Gasteiger partial charge in [0.05, 0.1) is 6.61 Å². The summed E-state index contributed by atoms with van der Waals surface area (Å²) >= 11 is 11.9. The fourth-order valence-corrected chi connectivity index (χ4v) is 3.31. The van der Waals surface area contributed by atoms with Crippen LogP contribution >= 0.6 is 23.2 Å². The lowest BCUT2D eigenvalue weighted by molar-refractivity contribution is -0.144. The van der Waals surface area contributed by atoms with Gasteiger partial charge in [0.1, 0.15) is 12.6 Å². The molecule has 2 rings (SSSR count). The van der Waals surface area contributed by atoms with Crippen molar-refractivity contribution in [1.29, 1.82) is 0 Å². The van der Waals surface area contributed by atoms with Crippen molar-refractivity contribution in [2.45, 2.75) is 38.6 Å². The molecule has 1 atom stereocenters. The smallest absolute Gasteiger partial charge is 0.325 e. The van der Waals surface area contributed by atoms with Gasteiger partial charge in [0.2, 0.25) is 5.91 Å². The van der Waals surface area contributed by atoms with Gasteiger partial charge in [-0.25, -0.2) is 0 Å². The highest BCUT2D eigenvalue weighted by atomic mass is 35.5. The van der Waals surface area contributed by atoms with Crippen molar-refractivity contribution >= 4 is 41.0 Å². The average molecular weight is 401 g/mol. The average Bonchev–Trinajstić information content (AvgIpc) is 3.08. The maximum atomic E-state index is 12.7. The number of ether oxygens (including phenoxy) is 1. The van der Waals surface area contributed by atoms with Crippen molar-refractivity contribution in [2.75, 3.05) is 19.7 Å². The minimum Gasteiger partial charge on any atom is -0.464 e. The number of hydrogen-bond donors (Lipinski definition) is 1. The van der Waals surface area contributed by atoms with E-state index in [0.717, 1.165) is 12.8 Å². The Morgan fingerprint density at radius 3 is 2.58 bits per heavy atom. The largest absolute Gasteiger partial charge is 0.464 e. The number of halogens is 2. The monoisotopic (exact) mass is 400 g/mol. The van der Waals surface area contributed by atoms with E-state index in [0.29, 0.717) is 41.6 Å².